The van der Waals surface area contributed by atoms with Crippen LogP contribution in [0.1, 0.15) is 33.6 Å². The zero-order chi connectivity index (χ0) is 12.7. The molecular formula is C14H28N2O. The van der Waals surface area contributed by atoms with Crippen molar-refractivity contribution in [1.82, 2.24) is 10.2 Å². The molecule has 1 aliphatic rings. The fourth-order valence-electron chi connectivity index (χ4n) is 2.38. The second kappa shape index (κ2) is 7.85. The van der Waals surface area contributed by atoms with Crippen molar-refractivity contribution in [3.8, 4) is 0 Å². The van der Waals surface area contributed by atoms with E-state index in [2.05, 4.69) is 37.6 Å². The van der Waals surface area contributed by atoms with Crippen LogP contribution in [0.5, 0.6) is 0 Å². The van der Waals surface area contributed by atoms with E-state index in [4.69, 9.17) is 4.74 Å². The first-order valence-corrected chi connectivity index (χ1v) is 6.91. The molecule has 0 radical (unpaired) electrons. The van der Waals surface area contributed by atoms with Gasteiger partial charge in [-0.05, 0) is 32.9 Å². The number of hydrogen-bond acceptors (Lipinski definition) is 3. The smallest absolute Gasteiger partial charge is 0.0893 e. The molecule has 0 aliphatic carbocycles. The first-order chi connectivity index (χ1) is 8.19. The van der Waals surface area contributed by atoms with Crippen LogP contribution >= 0.6 is 0 Å². The van der Waals surface area contributed by atoms with Crippen LogP contribution in [0.2, 0.25) is 0 Å². The second-order valence-electron chi connectivity index (χ2n) is 4.99. The van der Waals surface area contributed by atoms with Crippen molar-refractivity contribution >= 4 is 0 Å². The van der Waals surface area contributed by atoms with E-state index in [1.54, 1.807) is 0 Å². The summed E-state index contributed by atoms with van der Waals surface area (Å²) in [6, 6.07) is 0.301. The summed E-state index contributed by atoms with van der Waals surface area (Å²) in [6.45, 7) is 15.8. The Kier molecular flexibility index (Phi) is 6.78. The molecule has 0 bridgehead atoms. The van der Waals surface area contributed by atoms with E-state index in [1.807, 2.05) is 0 Å². The van der Waals surface area contributed by atoms with E-state index in [-0.39, 0.29) is 6.10 Å². The lowest BCUT2D eigenvalue weighted by molar-refractivity contribution is -0.0402. The first-order valence-electron chi connectivity index (χ1n) is 6.91. The van der Waals surface area contributed by atoms with Gasteiger partial charge >= 0.3 is 0 Å². The van der Waals surface area contributed by atoms with Gasteiger partial charge in [-0.15, -0.1) is 0 Å². The van der Waals surface area contributed by atoms with Gasteiger partial charge in [0.2, 0.25) is 0 Å². The SMILES string of the molecule is C=C(C)C(NCCC)C1CN(CCC)CCO1. The van der Waals surface area contributed by atoms with Crippen molar-refractivity contribution < 1.29 is 4.74 Å². The summed E-state index contributed by atoms with van der Waals surface area (Å²) in [5.74, 6) is 0. The van der Waals surface area contributed by atoms with Gasteiger partial charge in [0.15, 0.2) is 0 Å². The number of morpholine rings is 1. The molecule has 0 spiro atoms. The maximum Gasteiger partial charge on any atom is 0.0893 e. The van der Waals surface area contributed by atoms with Crippen LogP contribution in [0.15, 0.2) is 12.2 Å². The second-order valence-corrected chi connectivity index (χ2v) is 4.99. The van der Waals surface area contributed by atoms with Gasteiger partial charge < -0.3 is 10.1 Å². The van der Waals surface area contributed by atoms with Crippen LogP contribution in [0.3, 0.4) is 0 Å². The highest BCUT2D eigenvalue weighted by Crippen LogP contribution is 2.14. The molecule has 1 rings (SSSR count). The van der Waals surface area contributed by atoms with Crippen molar-refractivity contribution in [3.63, 3.8) is 0 Å². The molecule has 1 heterocycles. The fourth-order valence-corrected chi connectivity index (χ4v) is 2.38. The molecule has 3 nitrogen and oxygen atoms in total. The highest BCUT2D eigenvalue weighted by molar-refractivity contribution is 5.06. The molecule has 2 atom stereocenters. The highest BCUT2D eigenvalue weighted by atomic mass is 16.5. The topological polar surface area (TPSA) is 24.5 Å². The Morgan fingerprint density at radius 2 is 2.24 bits per heavy atom. The average Bonchev–Trinajstić information content (AvgIpc) is 2.30. The van der Waals surface area contributed by atoms with Gasteiger partial charge in [0.05, 0.1) is 18.8 Å². The molecule has 1 fully saturated rings. The molecule has 1 N–H and O–H groups in total. The molecule has 1 aliphatic heterocycles. The predicted molar refractivity (Wildman–Crippen MR) is 73.4 cm³/mol. The van der Waals surface area contributed by atoms with Crippen molar-refractivity contribution in [1.29, 1.82) is 0 Å². The molecule has 100 valence electrons. The third-order valence-corrected chi connectivity index (χ3v) is 3.23. The molecule has 0 aromatic carbocycles. The van der Waals surface area contributed by atoms with E-state index in [1.165, 1.54) is 18.5 Å². The minimum Gasteiger partial charge on any atom is -0.374 e. The summed E-state index contributed by atoms with van der Waals surface area (Å²) >= 11 is 0. The zero-order valence-electron chi connectivity index (χ0n) is 11.7. The number of rotatable bonds is 7. The normalized spacial score (nSPS) is 23.6. The van der Waals surface area contributed by atoms with E-state index in [9.17, 15) is 0 Å². The highest BCUT2D eigenvalue weighted by Gasteiger charge is 2.27. The Morgan fingerprint density at radius 1 is 1.47 bits per heavy atom. The van der Waals surface area contributed by atoms with Crippen molar-refractivity contribution in [2.75, 3.05) is 32.8 Å². The molecule has 0 saturated carbocycles. The fraction of sp³-hybridized carbons (Fsp3) is 0.857. The van der Waals surface area contributed by atoms with Crippen LogP contribution in [0, 0.1) is 0 Å². The standard InChI is InChI=1S/C14H28N2O/c1-5-7-15-14(12(3)4)13-11-16(8-6-2)9-10-17-13/h13-15H,3,5-11H2,1-2,4H3. The largest absolute Gasteiger partial charge is 0.374 e. The maximum absolute atomic E-state index is 5.91. The number of nitrogens with one attached hydrogen (secondary N) is 1. The Balaban J connectivity index is 2.51. The van der Waals surface area contributed by atoms with Crippen molar-refractivity contribution in [2.45, 2.75) is 45.8 Å². The molecule has 3 heteroatoms. The quantitative estimate of drug-likeness (QED) is 0.689. The zero-order valence-corrected chi connectivity index (χ0v) is 11.7. The van der Waals surface area contributed by atoms with Gasteiger partial charge in [0, 0.05) is 13.1 Å². The van der Waals surface area contributed by atoms with Gasteiger partial charge in [0.25, 0.3) is 0 Å². The number of nitrogens with zero attached hydrogens (tertiary/aromatic N) is 1. The molecule has 1 saturated heterocycles. The van der Waals surface area contributed by atoms with Crippen LogP contribution in [-0.2, 0) is 4.74 Å². The minimum absolute atomic E-state index is 0.263. The summed E-state index contributed by atoms with van der Waals surface area (Å²) in [4.78, 5) is 2.50. The van der Waals surface area contributed by atoms with Crippen LogP contribution in [-0.4, -0.2) is 49.8 Å². The monoisotopic (exact) mass is 240 g/mol. The van der Waals surface area contributed by atoms with Gasteiger partial charge in [-0.1, -0.05) is 26.0 Å². The van der Waals surface area contributed by atoms with Crippen LogP contribution in [0.25, 0.3) is 0 Å². The summed E-state index contributed by atoms with van der Waals surface area (Å²) in [6.07, 6.45) is 2.63. The third-order valence-electron chi connectivity index (χ3n) is 3.23. The summed E-state index contributed by atoms with van der Waals surface area (Å²) < 4.78 is 5.91. The van der Waals surface area contributed by atoms with E-state index >= 15 is 0 Å². The molecule has 17 heavy (non-hydrogen) atoms. The van der Waals surface area contributed by atoms with E-state index < -0.39 is 0 Å². The Hall–Kier alpha value is -0.380. The van der Waals surface area contributed by atoms with Gasteiger partial charge in [-0.25, -0.2) is 0 Å². The Labute approximate surface area is 106 Å². The van der Waals surface area contributed by atoms with Gasteiger partial charge in [-0.2, -0.15) is 0 Å². The molecule has 0 amide bonds. The summed E-state index contributed by atoms with van der Waals surface area (Å²) in [7, 11) is 0. The Bertz CT molecular complexity index is 228. The maximum atomic E-state index is 5.91. The first kappa shape index (κ1) is 14.7. The molecule has 2 unspecified atom stereocenters. The molecule has 0 aromatic heterocycles. The number of ether oxygens (including phenoxy) is 1. The lowest BCUT2D eigenvalue weighted by Crippen LogP contribution is -2.52. The minimum atomic E-state index is 0.263. The lowest BCUT2D eigenvalue weighted by atomic mass is 10.0. The molecular weight excluding hydrogens is 212 g/mol. The number of hydrogen-bond donors (Lipinski definition) is 1. The van der Waals surface area contributed by atoms with Crippen LogP contribution < -0.4 is 5.32 Å². The average molecular weight is 240 g/mol. The summed E-state index contributed by atoms with van der Waals surface area (Å²) in [5, 5.41) is 3.55. The van der Waals surface area contributed by atoms with E-state index in [0.717, 1.165) is 32.7 Å². The van der Waals surface area contributed by atoms with Crippen molar-refractivity contribution in [2.24, 2.45) is 0 Å². The van der Waals surface area contributed by atoms with E-state index in [0.29, 0.717) is 6.04 Å². The predicted octanol–water partition coefficient (Wildman–Crippen LogP) is 2.04. The van der Waals surface area contributed by atoms with Gasteiger partial charge in [0.1, 0.15) is 0 Å². The molecule has 0 aromatic rings. The van der Waals surface area contributed by atoms with Crippen LogP contribution in [0.4, 0.5) is 0 Å². The van der Waals surface area contributed by atoms with Crippen molar-refractivity contribution in [3.05, 3.63) is 12.2 Å². The third kappa shape index (κ3) is 4.78. The Morgan fingerprint density at radius 3 is 2.82 bits per heavy atom. The lowest BCUT2D eigenvalue weighted by Gasteiger charge is -2.37. The van der Waals surface area contributed by atoms with Gasteiger partial charge in [-0.3, -0.25) is 4.90 Å². The summed E-state index contributed by atoms with van der Waals surface area (Å²) in [5.41, 5.74) is 1.18.